The third-order valence-electron chi connectivity index (χ3n) is 5.13. The van der Waals surface area contributed by atoms with E-state index < -0.39 is 30.3 Å². The van der Waals surface area contributed by atoms with Crippen LogP contribution in [-0.4, -0.2) is 69.2 Å². The fourth-order valence-corrected chi connectivity index (χ4v) is 3.57. The molecule has 208 valence electrons. The average Bonchev–Trinajstić information content (AvgIpc) is 3.56. The minimum absolute atomic E-state index is 0.106. The van der Waals surface area contributed by atoms with Crippen LogP contribution in [0.5, 0.6) is 0 Å². The smallest absolute Gasteiger partial charge is 0.416 e. The van der Waals surface area contributed by atoms with Gasteiger partial charge in [0.25, 0.3) is 5.91 Å². The zero-order chi connectivity index (χ0) is 28.5. The zero-order valence-electron chi connectivity index (χ0n) is 21.4. The SMILES string of the molecule is Cn1cc(NC(=O)c2coc(-c3ccnc(N(CC(F)(F)F)C(=O)OC(C)(C)C)c3)n2)c(N2CCNC2=O)n1. The Morgan fingerprint density at radius 1 is 1.28 bits per heavy atom. The predicted octanol–water partition coefficient (Wildman–Crippen LogP) is 3.56. The molecule has 39 heavy (non-hydrogen) atoms. The van der Waals surface area contributed by atoms with Crippen LogP contribution in [0.4, 0.5) is 40.1 Å². The van der Waals surface area contributed by atoms with Crippen molar-refractivity contribution in [3.05, 3.63) is 36.5 Å². The third kappa shape index (κ3) is 6.63. The van der Waals surface area contributed by atoms with E-state index in [1.165, 1.54) is 48.8 Å². The molecule has 1 fully saturated rings. The van der Waals surface area contributed by atoms with Crippen LogP contribution in [0, 0.1) is 0 Å². The molecule has 0 aliphatic carbocycles. The number of nitrogens with one attached hydrogen (secondary N) is 2. The molecule has 0 spiro atoms. The first-order valence-electron chi connectivity index (χ1n) is 11.6. The first-order valence-corrected chi connectivity index (χ1v) is 11.6. The van der Waals surface area contributed by atoms with Crippen LogP contribution in [0.25, 0.3) is 11.5 Å². The summed E-state index contributed by atoms with van der Waals surface area (Å²) in [5.74, 6) is -0.895. The van der Waals surface area contributed by atoms with Gasteiger partial charge in [-0.2, -0.15) is 18.3 Å². The Bertz CT molecular complexity index is 1390. The molecule has 13 nitrogen and oxygen atoms in total. The summed E-state index contributed by atoms with van der Waals surface area (Å²) in [6.07, 6.45) is -2.23. The molecule has 3 aromatic rings. The summed E-state index contributed by atoms with van der Waals surface area (Å²) in [6, 6.07) is 2.20. The van der Waals surface area contributed by atoms with Gasteiger partial charge >= 0.3 is 18.3 Å². The monoisotopic (exact) mass is 550 g/mol. The number of carbonyl (C=O) groups is 3. The molecule has 1 saturated heterocycles. The van der Waals surface area contributed by atoms with Crippen molar-refractivity contribution in [2.75, 3.05) is 34.8 Å². The second kappa shape index (κ2) is 10.3. The van der Waals surface area contributed by atoms with E-state index >= 15 is 0 Å². The van der Waals surface area contributed by atoms with Crippen LogP contribution in [-0.2, 0) is 11.8 Å². The summed E-state index contributed by atoms with van der Waals surface area (Å²) in [7, 11) is 1.63. The van der Waals surface area contributed by atoms with E-state index in [4.69, 9.17) is 9.15 Å². The predicted molar refractivity (Wildman–Crippen MR) is 131 cm³/mol. The zero-order valence-corrected chi connectivity index (χ0v) is 21.4. The molecule has 1 aliphatic rings. The van der Waals surface area contributed by atoms with Gasteiger partial charge in [0.05, 0.1) is 6.20 Å². The fourth-order valence-electron chi connectivity index (χ4n) is 3.57. The summed E-state index contributed by atoms with van der Waals surface area (Å²) in [6.45, 7) is 3.72. The lowest BCUT2D eigenvalue weighted by Crippen LogP contribution is -2.42. The number of oxazole rings is 1. The molecule has 4 heterocycles. The van der Waals surface area contributed by atoms with Crippen LogP contribution in [0.15, 0.2) is 35.2 Å². The molecule has 4 amide bonds. The van der Waals surface area contributed by atoms with Gasteiger partial charge in [-0.3, -0.25) is 19.3 Å². The molecular weight excluding hydrogens is 525 g/mol. The highest BCUT2D eigenvalue weighted by molar-refractivity contribution is 6.06. The highest BCUT2D eigenvalue weighted by atomic mass is 19.4. The van der Waals surface area contributed by atoms with Crippen LogP contribution in [0.3, 0.4) is 0 Å². The van der Waals surface area contributed by atoms with Gasteiger partial charge in [-0.15, -0.1) is 0 Å². The topological polar surface area (TPSA) is 148 Å². The second-order valence-corrected chi connectivity index (χ2v) is 9.50. The largest absolute Gasteiger partial charge is 0.444 e. The van der Waals surface area contributed by atoms with E-state index in [-0.39, 0.29) is 40.5 Å². The maximum absolute atomic E-state index is 13.2. The Balaban J connectivity index is 1.56. The molecule has 4 rings (SSSR count). The summed E-state index contributed by atoms with van der Waals surface area (Å²) < 4.78 is 51.7. The number of urea groups is 1. The number of nitrogens with zero attached hydrogens (tertiary/aromatic N) is 6. The highest BCUT2D eigenvalue weighted by Gasteiger charge is 2.37. The molecule has 16 heteroatoms. The lowest BCUT2D eigenvalue weighted by atomic mass is 10.2. The number of pyridine rings is 1. The number of hydrogen-bond donors (Lipinski definition) is 2. The van der Waals surface area contributed by atoms with E-state index in [0.29, 0.717) is 18.0 Å². The average molecular weight is 550 g/mol. The van der Waals surface area contributed by atoms with Crippen LogP contribution >= 0.6 is 0 Å². The van der Waals surface area contributed by atoms with Crippen molar-refractivity contribution >= 4 is 35.4 Å². The van der Waals surface area contributed by atoms with Gasteiger partial charge in [-0.25, -0.2) is 19.6 Å². The van der Waals surface area contributed by atoms with Crippen LogP contribution in [0.2, 0.25) is 0 Å². The van der Waals surface area contributed by atoms with Gasteiger partial charge in [-0.05, 0) is 32.9 Å². The third-order valence-corrected chi connectivity index (χ3v) is 5.13. The van der Waals surface area contributed by atoms with Gasteiger partial charge in [0, 0.05) is 31.9 Å². The lowest BCUT2D eigenvalue weighted by molar-refractivity contribution is -0.119. The van der Waals surface area contributed by atoms with Crippen molar-refractivity contribution in [3.8, 4) is 11.5 Å². The number of aromatic nitrogens is 4. The van der Waals surface area contributed by atoms with Crippen molar-refractivity contribution in [3.63, 3.8) is 0 Å². The quantitative estimate of drug-likeness (QED) is 0.474. The molecule has 0 atom stereocenters. The number of halogens is 3. The number of rotatable bonds is 6. The summed E-state index contributed by atoms with van der Waals surface area (Å²) in [5, 5.41) is 9.50. The Morgan fingerprint density at radius 2 is 2.03 bits per heavy atom. The molecule has 0 unspecified atom stereocenters. The molecule has 3 aromatic heterocycles. The van der Waals surface area contributed by atoms with Gasteiger partial charge in [0.1, 0.15) is 29.9 Å². The molecule has 0 saturated carbocycles. The normalized spacial score (nSPS) is 13.8. The first kappa shape index (κ1) is 27.4. The Labute approximate surface area is 219 Å². The Kier molecular flexibility index (Phi) is 7.21. The standard InChI is InChI=1S/C23H25F3N8O5/c1-22(2,3)39-21(37)34(12-23(24,25)26)16-9-13(5-6-27-16)19-30-15(11-38-19)18(35)29-14-10-32(4)31-17(14)33-8-7-28-20(33)36/h5-6,9-11H,7-8,12H2,1-4H3,(H,28,36)(H,29,35). The van der Waals surface area contributed by atoms with E-state index in [0.717, 1.165) is 12.3 Å². The van der Waals surface area contributed by atoms with Gasteiger partial charge < -0.3 is 19.8 Å². The van der Waals surface area contributed by atoms with Crippen molar-refractivity contribution < 1.29 is 36.7 Å². The van der Waals surface area contributed by atoms with E-state index in [9.17, 15) is 27.6 Å². The minimum Gasteiger partial charge on any atom is -0.444 e. The number of alkyl halides is 3. The summed E-state index contributed by atoms with van der Waals surface area (Å²) in [5.41, 5.74) is -0.778. The number of hydrogen-bond acceptors (Lipinski definition) is 8. The van der Waals surface area contributed by atoms with Crippen molar-refractivity contribution in [1.29, 1.82) is 0 Å². The van der Waals surface area contributed by atoms with Gasteiger partial charge in [-0.1, -0.05) is 0 Å². The number of ether oxygens (including phenoxy) is 1. The number of carbonyl (C=O) groups excluding carboxylic acids is 3. The maximum Gasteiger partial charge on any atom is 0.416 e. The summed E-state index contributed by atoms with van der Waals surface area (Å²) in [4.78, 5) is 47.2. The summed E-state index contributed by atoms with van der Waals surface area (Å²) >= 11 is 0. The number of aryl methyl sites for hydroxylation is 1. The van der Waals surface area contributed by atoms with E-state index in [1.54, 1.807) is 7.05 Å². The molecule has 2 N–H and O–H groups in total. The van der Waals surface area contributed by atoms with E-state index in [1.807, 2.05) is 0 Å². The van der Waals surface area contributed by atoms with E-state index in [2.05, 4.69) is 25.7 Å². The van der Waals surface area contributed by atoms with Gasteiger partial charge in [0.2, 0.25) is 5.89 Å². The maximum atomic E-state index is 13.2. The van der Waals surface area contributed by atoms with Crippen molar-refractivity contribution in [1.82, 2.24) is 25.1 Å². The fraction of sp³-hybridized carbons (Fsp3) is 0.391. The molecular formula is C23H25F3N8O5. The number of amides is 4. The Hall–Kier alpha value is -4.63. The first-order chi connectivity index (χ1) is 18.2. The Morgan fingerprint density at radius 3 is 2.67 bits per heavy atom. The van der Waals surface area contributed by atoms with Crippen molar-refractivity contribution in [2.45, 2.75) is 32.5 Å². The van der Waals surface area contributed by atoms with Crippen LogP contribution in [0.1, 0.15) is 31.3 Å². The second-order valence-electron chi connectivity index (χ2n) is 9.50. The van der Waals surface area contributed by atoms with Crippen molar-refractivity contribution in [2.24, 2.45) is 7.05 Å². The lowest BCUT2D eigenvalue weighted by Gasteiger charge is -2.27. The molecule has 0 aromatic carbocycles. The molecule has 0 radical (unpaired) electrons. The molecule has 0 bridgehead atoms. The highest BCUT2D eigenvalue weighted by Crippen LogP contribution is 2.28. The minimum atomic E-state index is -4.73. The molecule has 1 aliphatic heterocycles. The number of anilines is 3. The van der Waals surface area contributed by atoms with Crippen LogP contribution < -0.4 is 20.4 Å². The van der Waals surface area contributed by atoms with Gasteiger partial charge in [0.15, 0.2) is 11.5 Å².